The highest BCUT2D eigenvalue weighted by atomic mass is 35.5. The summed E-state index contributed by atoms with van der Waals surface area (Å²) in [7, 11) is 0. The monoisotopic (exact) mass is 432 g/mol. The van der Waals surface area contributed by atoms with Crippen LogP contribution in [0.1, 0.15) is 54.2 Å². The molecule has 2 aliphatic heterocycles. The molecule has 4 unspecified atom stereocenters. The van der Waals surface area contributed by atoms with E-state index in [2.05, 4.69) is 31.2 Å². The molecule has 5 atom stereocenters. The molecule has 0 amide bonds. The van der Waals surface area contributed by atoms with Crippen molar-refractivity contribution in [1.29, 1.82) is 0 Å². The average Bonchev–Trinajstić information content (AvgIpc) is 3.14. The lowest BCUT2D eigenvalue weighted by Gasteiger charge is -2.37. The first-order valence-corrected chi connectivity index (χ1v) is 11.0. The molecule has 3 N–H and O–H groups in total. The third-order valence-corrected chi connectivity index (χ3v) is 6.62. The summed E-state index contributed by atoms with van der Waals surface area (Å²) >= 11 is 6.80. The highest BCUT2D eigenvalue weighted by molar-refractivity contribution is 6.32. The fourth-order valence-corrected chi connectivity index (χ4v) is 4.71. The number of halogens is 1. The molecule has 2 aliphatic rings. The Hall–Kier alpha value is -1.63. The van der Waals surface area contributed by atoms with E-state index in [1.807, 2.05) is 13.0 Å². The normalized spacial score (nSPS) is 28.3. The molecule has 1 fully saturated rings. The molecule has 0 radical (unpaired) electrons. The zero-order chi connectivity index (χ0) is 21.4. The molecule has 4 rings (SSSR count). The van der Waals surface area contributed by atoms with Crippen molar-refractivity contribution in [3.63, 3.8) is 0 Å². The van der Waals surface area contributed by atoms with Gasteiger partial charge in [0.1, 0.15) is 24.1 Å². The molecule has 0 aromatic heterocycles. The van der Waals surface area contributed by atoms with Crippen molar-refractivity contribution >= 4 is 11.6 Å². The van der Waals surface area contributed by atoms with Crippen LogP contribution in [-0.4, -0.2) is 46.3 Å². The van der Waals surface area contributed by atoms with Crippen LogP contribution in [0.2, 0.25) is 5.02 Å². The second-order valence-corrected chi connectivity index (χ2v) is 8.74. The molecule has 5 nitrogen and oxygen atoms in total. The Kier molecular flexibility index (Phi) is 6.37. The number of ether oxygens (including phenoxy) is 2. The van der Waals surface area contributed by atoms with Gasteiger partial charge in [0.05, 0.1) is 23.8 Å². The molecule has 1 saturated heterocycles. The standard InChI is InChI=1S/C24H29ClO5/c1-3-14-4-6-15(7-5-14)9-16-10-17(24-18(22(16)25)8-13(2)29-24)20-11-19(27)23(28)21(12-26)30-20/h4-7,10,13,19-21,23,26-28H,3,8-9,11-12H2,1-2H3/t13?,19?,20?,21?,23-/m0/s1. The molecule has 2 heterocycles. The van der Waals surface area contributed by atoms with Crippen LogP contribution >= 0.6 is 11.6 Å². The van der Waals surface area contributed by atoms with E-state index in [0.717, 1.165) is 23.1 Å². The molecule has 2 aromatic rings. The molecule has 0 aliphatic carbocycles. The quantitative estimate of drug-likeness (QED) is 0.675. The summed E-state index contributed by atoms with van der Waals surface area (Å²) in [5.74, 6) is 0.711. The highest BCUT2D eigenvalue weighted by Crippen LogP contribution is 2.46. The topological polar surface area (TPSA) is 79.2 Å². The predicted molar refractivity (Wildman–Crippen MR) is 115 cm³/mol. The highest BCUT2D eigenvalue weighted by Gasteiger charge is 2.40. The summed E-state index contributed by atoms with van der Waals surface area (Å²) < 4.78 is 12.0. The number of hydrogen-bond acceptors (Lipinski definition) is 5. The van der Waals surface area contributed by atoms with Crippen LogP contribution in [0.3, 0.4) is 0 Å². The van der Waals surface area contributed by atoms with Crippen molar-refractivity contribution in [1.82, 2.24) is 0 Å². The van der Waals surface area contributed by atoms with Crippen molar-refractivity contribution in [2.24, 2.45) is 0 Å². The lowest BCUT2D eigenvalue weighted by atomic mass is 9.90. The summed E-state index contributed by atoms with van der Waals surface area (Å²) in [6.45, 7) is 3.77. The van der Waals surface area contributed by atoms with Crippen molar-refractivity contribution < 1.29 is 24.8 Å². The van der Waals surface area contributed by atoms with E-state index in [1.54, 1.807) is 0 Å². The van der Waals surface area contributed by atoms with Crippen molar-refractivity contribution in [3.05, 3.63) is 63.2 Å². The van der Waals surface area contributed by atoms with E-state index in [1.165, 1.54) is 11.1 Å². The van der Waals surface area contributed by atoms with Gasteiger partial charge < -0.3 is 24.8 Å². The van der Waals surface area contributed by atoms with E-state index in [4.69, 9.17) is 21.1 Å². The number of aryl methyl sites for hydroxylation is 1. The molecule has 0 spiro atoms. The SMILES string of the molecule is CCc1ccc(Cc2cc(C3CC(O)[C@H](O)C(CO)O3)c3c(c2Cl)CC(C)O3)cc1. The van der Waals surface area contributed by atoms with Crippen LogP contribution in [-0.2, 0) is 24.0 Å². The minimum Gasteiger partial charge on any atom is -0.490 e. The Morgan fingerprint density at radius 2 is 1.83 bits per heavy atom. The largest absolute Gasteiger partial charge is 0.490 e. The molecular formula is C24H29ClO5. The van der Waals surface area contributed by atoms with Gasteiger partial charge in [-0.25, -0.2) is 0 Å². The average molecular weight is 433 g/mol. The van der Waals surface area contributed by atoms with E-state index in [0.29, 0.717) is 23.6 Å². The Labute approximate surface area is 182 Å². The maximum Gasteiger partial charge on any atom is 0.130 e. The fourth-order valence-electron chi connectivity index (χ4n) is 4.42. The van der Waals surface area contributed by atoms with Gasteiger partial charge in [-0.1, -0.05) is 42.8 Å². The lowest BCUT2D eigenvalue weighted by molar-refractivity contribution is -0.181. The van der Waals surface area contributed by atoms with Crippen LogP contribution in [0, 0.1) is 0 Å². The summed E-state index contributed by atoms with van der Waals surface area (Å²) in [5.41, 5.74) is 5.23. The number of rotatable bonds is 5. The molecule has 0 bridgehead atoms. The number of hydrogen-bond donors (Lipinski definition) is 3. The van der Waals surface area contributed by atoms with Gasteiger partial charge in [0, 0.05) is 24.0 Å². The smallest absolute Gasteiger partial charge is 0.130 e. The lowest BCUT2D eigenvalue weighted by Crippen LogP contribution is -2.47. The zero-order valence-electron chi connectivity index (χ0n) is 17.3. The first kappa shape index (κ1) is 21.6. The van der Waals surface area contributed by atoms with Crippen molar-refractivity contribution in [2.75, 3.05) is 6.61 Å². The number of aliphatic hydroxyl groups excluding tert-OH is 3. The van der Waals surface area contributed by atoms with Gasteiger partial charge in [-0.15, -0.1) is 0 Å². The summed E-state index contributed by atoms with van der Waals surface area (Å²) in [5, 5.41) is 30.7. The summed E-state index contributed by atoms with van der Waals surface area (Å²) in [4.78, 5) is 0. The first-order valence-electron chi connectivity index (χ1n) is 10.6. The van der Waals surface area contributed by atoms with Gasteiger partial charge in [0.25, 0.3) is 0 Å². The molecule has 0 saturated carbocycles. The third kappa shape index (κ3) is 4.10. The number of benzene rings is 2. The Bertz CT molecular complexity index is 897. The van der Waals surface area contributed by atoms with Crippen LogP contribution in [0.15, 0.2) is 30.3 Å². The van der Waals surface area contributed by atoms with Crippen molar-refractivity contribution in [3.8, 4) is 5.75 Å². The molecule has 6 heteroatoms. The summed E-state index contributed by atoms with van der Waals surface area (Å²) in [6.07, 6.45) is -0.787. The molecular weight excluding hydrogens is 404 g/mol. The Morgan fingerprint density at radius 3 is 2.50 bits per heavy atom. The second-order valence-electron chi connectivity index (χ2n) is 8.37. The van der Waals surface area contributed by atoms with Gasteiger partial charge in [0.15, 0.2) is 0 Å². The minimum atomic E-state index is -1.11. The van der Waals surface area contributed by atoms with Crippen LogP contribution in [0.25, 0.3) is 0 Å². The Morgan fingerprint density at radius 1 is 1.13 bits per heavy atom. The minimum absolute atomic E-state index is 0.00285. The van der Waals surface area contributed by atoms with Crippen LogP contribution < -0.4 is 4.74 Å². The van der Waals surface area contributed by atoms with E-state index < -0.39 is 24.4 Å². The van der Waals surface area contributed by atoms with Gasteiger partial charge >= 0.3 is 0 Å². The van der Waals surface area contributed by atoms with Crippen LogP contribution in [0.4, 0.5) is 0 Å². The van der Waals surface area contributed by atoms with Gasteiger partial charge in [-0.05, 0) is 42.5 Å². The predicted octanol–water partition coefficient (Wildman–Crippen LogP) is 3.36. The van der Waals surface area contributed by atoms with Crippen LogP contribution in [0.5, 0.6) is 5.75 Å². The van der Waals surface area contributed by atoms with E-state index >= 15 is 0 Å². The molecule has 162 valence electrons. The molecule has 2 aromatic carbocycles. The zero-order valence-corrected chi connectivity index (χ0v) is 18.1. The first-order chi connectivity index (χ1) is 14.4. The number of aliphatic hydroxyl groups is 3. The van der Waals surface area contributed by atoms with Gasteiger partial charge in [-0.2, -0.15) is 0 Å². The second kappa shape index (κ2) is 8.85. The maximum atomic E-state index is 10.3. The summed E-state index contributed by atoms with van der Waals surface area (Å²) in [6, 6.07) is 10.5. The Balaban J connectivity index is 1.71. The van der Waals surface area contributed by atoms with Gasteiger partial charge in [-0.3, -0.25) is 0 Å². The third-order valence-electron chi connectivity index (χ3n) is 6.15. The maximum absolute atomic E-state index is 10.3. The number of fused-ring (bicyclic) bond motifs is 1. The van der Waals surface area contributed by atoms with Gasteiger partial charge in [0.2, 0.25) is 0 Å². The fraction of sp³-hybridized carbons (Fsp3) is 0.500. The molecule has 30 heavy (non-hydrogen) atoms. The van der Waals surface area contributed by atoms with E-state index in [-0.39, 0.29) is 19.1 Å². The van der Waals surface area contributed by atoms with E-state index in [9.17, 15) is 15.3 Å². The van der Waals surface area contributed by atoms with Crippen molar-refractivity contribution in [2.45, 2.75) is 70.1 Å².